The Morgan fingerprint density at radius 1 is 1.60 bits per heavy atom. The number of hydrogen-bond donors (Lipinski definition) is 2. The van der Waals surface area contributed by atoms with Crippen molar-refractivity contribution in [1.82, 2.24) is 9.97 Å². The van der Waals surface area contributed by atoms with Crippen molar-refractivity contribution in [2.45, 2.75) is 13.0 Å². The molecule has 2 heterocycles. The molecular weight excluding hydrogens is 266 g/mol. The lowest BCUT2D eigenvalue weighted by Crippen LogP contribution is -2.44. The molecule has 0 aromatic carbocycles. The van der Waals surface area contributed by atoms with Crippen molar-refractivity contribution in [3.8, 4) is 0 Å². The predicted octanol–water partition coefficient (Wildman–Crippen LogP) is -0.0676. The minimum atomic E-state index is -0.479. The van der Waals surface area contributed by atoms with Gasteiger partial charge in [-0.15, -0.1) is 0 Å². The summed E-state index contributed by atoms with van der Waals surface area (Å²) in [7, 11) is 1.65. The maximum atomic E-state index is 11.2. The molecule has 2 N–H and O–H groups in total. The Hall–Kier alpha value is -2.00. The maximum Gasteiger partial charge on any atom is 0.332 e. The fourth-order valence-electron chi connectivity index (χ4n) is 2.12. The van der Waals surface area contributed by atoms with Gasteiger partial charge >= 0.3 is 5.69 Å². The number of morpholine rings is 1. The smallest absolute Gasteiger partial charge is 0.332 e. The van der Waals surface area contributed by atoms with Crippen molar-refractivity contribution in [1.29, 1.82) is 0 Å². The molecule has 0 spiro atoms. The zero-order valence-electron chi connectivity index (χ0n) is 11.4. The summed E-state index contributed by atoms with van der Waals surface area (Å²) in [4.78, 5) is 20.7. The van der Waals surface area contributed by atoms with Crippen LogP contribution in [0.25, 0.3) is 0 Å². The molecule has 1 unspecified atom stereocenters. The van der Waals surface area contributed by atoms with Crippen LogP contribution in [0.2, 0.25) is 0 Å². The van der Waals surface area contributed by atoms with Gasteiger partial charge < -0.3 is 20.1 Å². The second kappa shape index (κ2) is 5.97. The minimum Gasteiger partial charge on any atom is -0.394 e. The molecule has 0 aliphatic carbocycles. The van der Waals surface area contributed by atoms with Crippen LogP contribution in [0.3, 0.4) is 0 Å². The summed E-state index contributed by atoms with van der Waals surface area (Å²) in [5, 5.41) is 23.2. The summed E-state index contributed by atoms with van der Waals surface area (Å²) in [5.74, 6) is 0.587. The van der Waals surface area contributed by atoms with Crippen molar-refractivity contribution in [3.63, 3.8) is 0 Å². The Balaban J connectivity index is 2.42. The highest BCUT2D eigenvalue weighted by Crippen LogP contribution is 2.30. The van der Waals surface area contributed by atoms with Gasteiger partial charge in [-0.2, -0.15) is 4.98 Å². The number of anilines is 2. The van der Waals surface area contributed by atoms with E-state index in [-0.39, 0.29) is 24.2 Å². The van der Waals surface area contributed by atoms with Gasteiger partial charge in [-0.25, -0.2) is 4.98 Å². The summed E-state index contributed by atoms with van der Waals surface area (Å²) in [6.07, 6.45) is -0.364. The third-order valence-electron chi connectivity index (χ3n) is 3.09. The van der Waals surface area contributed by atoms with Crippen LogP contribution in [0.15, 0.2) is 0 Å². The zero-order valence-corrected chi connectivity index (χ0v) is 11.4. The summed E-state index contributed by atoms with van der Waals surface area (Å²) in [6, 6.07) is 0. The number of nitro groups is 1. The van der Waals surface area contributed by atoms with E-state index >= 15 is 0 Å². The Labute approximate surface area is 115 Å². The van der Waals surface area contributed by atoms with Crippen molar-refractivity contribution >= 4 is 17.5 Å². The van der Waals surface area contributed by atoms with Crippen LogP contribution < -0.4 is 10.2 Å². The number of ether oxygens (including phenoxy) is 1. The average molecular weight is 283 g/mol. The topological polar surface area (TPSA) is 114 Å². The normalized spacial score (nSPS) is 18.9. The fourth-order valence-corrected chi connectivity index (χ4v) is 2.12. The third-order valence-corrected chi connectivity index (χ3v) is 3.09. The number of nitrogens with zero attached hydrogens (tertiary/aromatic N) is 4. The molecule has 0 radical (unpaired) electrons. The SMILES string of the molecule is CNc1nc(C)c([N+](=O)[O-])c(N2CCOC(CO)C2)n1. The van der Waals surface area contributed by atoms with Crippen molar-refractivity contribution in [2.75, 3.05) is 43.6 Å². The fraction of sp³-hybridized carbons (Fsp3) is 0.636. The van der Waals surface area contributed by atoms with E-state index in [0.717, 1.165) is 0 Å². The molecule has 1 fully saturated rings. The summed E-state index contributed by atoms with van der Waals surface area (Å²) in [6.45, 7) is 2.68. The zero-order chi connectivity index (χ0) is 14.7. The molecule has 2 rings (SSSR count). The molecule has 1 aromatic heterocycles. The number of nitrogens with one attached hydrogen (secondary N) is 1. The van der Waals surface area contributed by atoms with Gasteiger partial charge in [0.25, 0.3) is 0 Å². The van der Waals surface area contributed by atoms with Crippen LogP contribution in [0.5, 0.6) is 0 Å². The van der Waals surface area contributed by atoms with Gasteiger partial charge in [-0.05, 0) is 6.92 Å². The first-order chi connectivity index (χ1) is 9.56. The van der Waals surface area contributed by atoms with Crippen LogP contribution >= 0.6 is 0 Å². The van der Waals surface area contributed by atoms with Crippen molar-refractivity contribution in [3.05, 3.63) is 15.8 Å². The Morgan fingerprint density at radius 3 is 2.95 bits per heavy atom. The van der Waals surface area contributed by atoms with Crippen LogP contribution in [-0.4, -0.2) is 59.5 Å². The molecule has 20 heavy (non-hydrogen) atoms. The van der Waals surface area contributed by atoms with E-state index in [1.807, 2.05) is 0 Å². The van der Waals surface area contributed by atoms with Gasteiger partial charge in [0.15, 0.2) is 0 Å². The number of hydrogen-bond acceptors (Lipinski definition) is 8. The molecule has 9 nitrogen and oxygen atoms in total. The molecule has 1 aliphatic heterocycles. The number of aromatic nitrogens is 2. The summed E-state index contributed by atoms with van der Waals surface area (Å²) >= 11 is 0. The van der Waals surface area contributed by atoms with Gasteiger partial charge in [0, 0.05) is 20.1 Å². The molecule has 110 valence electrons. The van der Waals surface area contributed by atoms with Gasteiger partial charge in [-0.1, -0.05) is 0 Å². The predicted molar refractivity (Wildman–Crippen MR) is 72.0 cm³/mol. The van der Waals surface area contributed by atoms with Crippen LogP contribution in [0.1, 0.15) is 5.69 Å². The molecule has 1 aliphatic rings. The lowest BCUT2D eigenvalue weighted by atomic mass is 10.2. The lowest BCUT2D eigenvalue weighted by Gasteiger charge is -2.32. The van der Waals surface area contributed by atoms with Crippen LogP contribution in [0, 0.1) is 17.0 Å². The van der Waals surface area contributed by atoms with Crippen molar-refractivity contribution in [2.24, 2.45) is 0 Å². The standard InChI is InChI=1S/C11H17N5O4/c1-7-9(16(18)19)10(14-11(12-2)13-7)15-3-4-20-8(5-15)6-17/h8,17H,3-6H2,1-2H3,(H,12,13,14). The van der Waals surface area contributed by atoms with E-state index in [9.17, 15) is 10.1 Å². The van der Waals surface area contributed by atoms with E-state index < -0.39 is 4.92 Å². The van der Waals surface area contributed by atoms with E-state index in [0.29, 0.717) is 31.3 Å². The van der Waals surface area contributed by atoms with Gasteiger partial charge in [0.05, 0.1) is 24.2 Å². The molecule has 1 atom stereocenters. The summed E-state index contributed by atoms with van der Waals surface area (Å²) < 4.78 is 5.35. The van der Waals surface area contributed by atoms with E-state index in [1.54, 1.807) is 18.9 Å². The first kappa shape index (κ1) is 14.4. The first-order valence-electron chi connectivity index (χ1n) is 6.25. The Kier molecular flexibility index (Phi) is 4.30. The van der Waals surface area contributed by atoms with Gasteiger partial charge in [0.2, 0.25) is 11.8 Å². The van der Waals surface area contributed by atoms with Gasteiger partial charge in [-0.3, -0.25) is 10.1 Å². The monoisotopic (exact) mass is 283 g/mol. The first-order valence-corrected chi connectivity index (χ1v) is 6.25. The quantitative estimate of drug-likeness (QED) is 0.583. The highest BCUT2D eigenvalue weighted by Gasteiger charge is 2.30. The molecule has 0 bridgehead atoms. The molecule has 0 saturated carbocycles. The minimum absolute atomic E-state index is 0.109. The average Bonchev–Trinajstić information content (AvgIpc) is 2.45. The highest BCUT2D eigenvalue weighted by molar-refractivity contribution is 5.62. The Morgan fingerprint density at radius 2 is 2.35 bits per heavy atom. The van der Waals surface area contributed by atoms with E-state index in [4.69, 9.17) is 9.84 Å². The van der Waals surface area contributed by atoms with E-state index in [2.05, 4.69) is 15.3 Å². The summed E-state index contributed by atoms with van der Waals surface area (Å²) in [5.41, 5.74) is 0.194. The Bertz CT molecular complexity index is 510. The number of aliphatic hydroxyl groups excluding tert-OH is 1. The largest absolute Gasteiger partial charge is 0.394 e. The molecule has 9 heteroatoms. The van der Waals surface area contributed by atoms with Crippen LogP contribution in [-0.2, 0) is 4.74 Å². The third kappa shape index (κ3) is 2.78. The number of aryl methyl sites for hydroxylation is 1. The van der Waals surface area contributed by atoms with Crippen LogP contribution in [0.4, 0.5) is 17.5 Å². The van der Waals surface area contributed by atoms with Gasteiger partial charge in [0.1, 0.15) is 5.69 Å². The van der Waals surface area contributed by atoms with E-state index in [1.165, 1.54) is 0 Å². The highest BCUT2D eigenvalue weighted by atomic mass is 16.6. The molecule has 1 aromatic rings. The lowest BCUT2D eigenvalue weighted by molar-refractivity contribution is -0.385. The number of aliphatic hydroxyl groups is 1. The molecule has 0 amide bonds. The second-order valence-electron chi connectivity index (χ2n) is 4.43. The maximum absolute atomic E-state index is 11.2. The second-order valence-corrected chi connectivity index (χ2v) is 4.43. The molecule has 1 saturated heterocycles. The van der Waals surface area contributed by atoms with Crippen molar-refractivity contribution < 1.29 is 14.8 Å². The molecular formula is C11H17N5O4. The number of rotatable bonds is 4.